The van der Waals surface area contributed by atoms with Gasteiger partial charge in [-0.25, -0.2) is 0 Å². The molecule has 0 fully saturated rings. The second-order valence-electron chi connectivity index (χ2n) is 4.04. The van der Waals surface area contributed by atoms with Crippen molar-refractivity contribution < 1.29 is 0 Å². The largest absolute Gasteiger partial charge is 0.398 e. The molecule has 0 aliphatic carbocycles. The lowest BCUT2D eigenvalue weighted by Gasteiger charge is -2.11. The number of fused-ring (bicyclic) bond motifs is 1. The second-order valence-corrected chi connectivity index (χ2v) is 6.44. The molecule has 0 aliphatic rings. The third kappa shape index (κ3) is 2.75. The monoisotopic (exact) mass is 310 g/mol. The third-order valence-electron chi connectivity index (χ3n) is 2.72. The van der Waals surface area contributed by atoms with Crippen LogP contribution in [0.2, 0.25) is 0 Å². The first-order valence-electron chi connectivity index (χ1n) is 5.62. The van der Waals surface area contributed by atoms with E-state index >= 15 is 0 Å². The molecule has 0 radical (unpaired) electrons. The second kappa shape index (κ2) is 5.27. The standard InChI is InChI=1S/C13H15BrN2S/c1-3-8(2)17-12-5-4-11(15)10-6-9(14)7-16-13(10)12/h4-8H,3,15H2,1-2H3. The number of nitrogens with two attached hydrogens (primary N) is 1. The summed E-state index contributed by atoms with van der Waals surface area (Å²) in [5.41, 5.74) is 7.77. The number of nitrogen functional groups attached to an aromatic ring is 1. The molecule has 1 unspecified atom stereocenters. The van der Waals surface area contributed by atoms with Crippen LogP contribution in [0.25, 0.3) is 10.9 Å². The van der Waals surface area contributed by atoms with E-state index in [1.807, 2.05) is 30.1 Å². The van der Waals surface area contributed by atoms with Crippen LogP contribution in [0.4, 0.5) is 5.69 Å². The van der Waals surface area contributed by atoms with Gasteiger partial charge < -0.3 is 5.73 Å². The first-order valence-corrected chi connectivity index (χ1v) is 7.29. The van der Waals surface area contributed by atoms with Crippen molar-refractivity contribution in [3.05, 3.63) is 28.9 Å². The first-order chi connectivity index (χ1) is 8.11. The predicted molar refractivity (Wildman–Crippen MR) is 79.5 cm³/mol. The summed E-state index contributed by atoms with van der Waals surface area (Å²) in [6, 6.07) is 6.05. The van der Waals surface area contributed by atoms with E-state index < -0.39 is 0 Å². The molecular weight excluding hydrogens is 296 g/mol. The van der Waals surface area contributed by atoms with Crippen LogP contribution in [0.5, 0.6) is 0 Å². The maximum absolute atomic E-state index is 5.99. The highest BCUT2D eigenvalue weighted by atomic mass is 79.9. The van der Waals surface area contributed by atoms with Crippen molar-refractivity contribution in [2.24, 2.45) is 0 Å². The van der Waals surface area contributed by atoms with E-state index in [4.69, 9.17) is 5.73 Å². The molecule has 0 aliphatic heterocycles. The maximum Gasteiger partial charge on any atom is 0.0859 e. The Morgan fingerprint density at radius 1 is 1.47 bits per heavy atom. The minimum absolute atomic E-state index is 0.590. The van der Waals surface area contributed by atoms with Gasteiger partial charge in [0.15, 0.2) is 0 Å². The number of pyridine rings is 1. The molecule has 90 valence electrons. The topological polar surface area (TPSA) is 38.9 Å². The van der Waals surface area contributed by atoms with Gasteiger partial charge in [0.1, 0.15) is 0 Å². The Labute approximate surface area is 114 Å². The number of thioether (sulfide) groups is 1. The van der Waals surface area contributed by atoms with E-state index in [1.165, 1.54) is 4.90 Å². The van der Waals surface area contributed by atoms with Gasteiger partial charge in [0.05, 0.1) is 5.52 Å². The maximum atomic E-state index is 5.99. The van der Waals surface area contributed by atoms with Crippen molar-refractivity contribution in [2.45, 2.75) is 30.4 Å². The van der Waals surface area contributed by atoms with Gasteiger partial charge >= 0.3 is 0 Å². The van der Waals surface area contributed by atoms with E-state index in [0.29, 0.717) is 5.25 Å². The molecule has 1 atom stereocenters. The lowest BCUT2D eigenvalue weighted by molar-refractivity contribution is 0.906. The number of halogens is 1. The highest BCUT2D eigenvalue weighted by Gasteiger charge is 2.09. The molecule has 4 heteroatoms. The Bertz CT molecular complexity index is 542. The zero-order valence-electron chi connectivity index (χ0n) is 9.90. The van der Waals surface area contributed by atoms with Crippen LogP contribution in [-0.2, 0) is 0 Å². The van der Waals surface area contributed by atoms with Gasteiger partial charge in [-0.1, -0.05) is 13.8 Å². The molecule has 1 aromatic carbocycles. The van der Waals surface area contributed by atoms with Gasteiger partial charge in [0, 0.05) is 31.9 Å². The lowest BCUT2D eigenvalue weighted by Crippen LogP contribution is -1.95. The molecule has 17 heavy (non-hydrogen) atoms. The number of benzene rings is 1. The Hall–Kier alpha value is -0.740. The van der Waals surface area contributed by atoms with Crippen molar-refractivity contribution in [3.63, 3.8) is 0 Å². The zero-order valence-corrected chi connectivity index (χ0v) is 12.3. The molecule has 0 spiro atoms. The molecule has 1 heterocycles. The number of nitrogens with zero attached hydrogens (tertiary/aromatic N) is 1. The average Bonchev–Trinajstić information content (AvgIpc) is 2.33. The van der Waals surface area contributed by atoms with Gasteiger partial charge in [0.2, 0.25) is 0 Å². The molecule has 2 rings (SSSR count). The highest BCUT2D eigenvalue weighted by molar-refractivity contribution is 9.10. The van der Waals surface area contributed by atoms with Crippen LogP contribution >= 0.6 is 27.7 Å². The van der Waals surface area contributed by atoms with Crippen molar-refractivity contribution >= 4 is 44.3 Å². The Balaban J connectivity index is 2.54. The summed E-state index contributed by atoms with van der Waals surface area (Å²) in [6.07, 6.45) is 2.97. The molecule has 2 aromatic rings. The minimum Gasteiger partial charge on any atom is -0.398 e. The Morgan fingerprint density at radius 3 is 2.94 bits per heavy atom. The summed E-state index contributed by atoms with van der Waals surface area (Å²) in [7, 11) is 0. The fourth-order valence-corrected chi connectivity index (χ4v) is 2.94. The number of anilines is 1. The van der Waals surface area contributed by atoms with Crippen LogP contribution in [0.1, 0.15) is 20.3 Å². The summed E-state index contributed by atoms with van der Waals surface area (Å²) in [5, 5.41) is 1.61. The van der Waals surface area contributed by atoms with Gasteiger partial charge in [-0.2, -0.15) is 0 Å². The van der Waals surface area contributed by atoms with E-state index in [0.717, 1.165) is 27.5 Å². The lowest BCUT2D eigenvalue weighted by atomic mass is 10.2. The third-order valence-corrected chi connectivity index (χ3v) is 4.47. The van der Waals surface area contributed by atoms with E-state index in [9.17, 15) is 0 Å². The molecule has 2 nitrogen and oxygen atoms in total. The van der Waals surface area contributed by atoms with Crippen LogP contribution in [-0.4, -0.2) is 10.2 Å². The molecule has 0 bridgehead atoms. The Morgan fingerprint density at radius 2 is 2.24 bits per heavy atom. The summed E-state index contributed by atoms with van der Waals surface area (Å²) in [4.78, 5) is 5.69. The van der Waals surface area contributed by atoms with Crippen LogP contribution < -0.4 is 5.73 Å². The van der Waals surface area contributed by atoms with Crippen LogP contribution in [0.15, 0.2) is 33.8 Å². The van der Waals surface area contributed by atoms with Crippen LogP contribution in [0, 0.1) is 0 Å². The highest BCUT2D eigenvalue weighted by Crippen LogP contribution is 2.34. The molecule has 0 saturated heterocycles. The summed E-state index contributed by atoms with van der Waals surface area (Å²) in [5.74, 6) is 0. The molecule has 0 saturated carbocycles. The molecule has 2 N–H and O–H groups in total. The van der Waals surface area contributed by atoms with Crippen LogP contribution in [0.3, 0.4) is 0 Å². The predicted octanol–water partition coefficient (Wildman–Crippen LogP) is 4.47. The van der Waals surface area contributed by atoms with E-state index in [1.54, 1.807) is 0 Å². The fourth-order valence-electron chi connectivity index (χ4n) is 1.59. The summed E-state index contributed by atoms with van der Waals surface area (Å²) < 4.78 is 0.961. The number of hydrogen-bond acceptors (Lipinski definition) is 3. The normalized spacial score (nSPS) is 12.9. The summed E-state index contributed by atoms with van der Waals surface area (Å²) >= 11 is 5.29. The zero-order chi connectivity index (χ0) is 12.4. The SMILES string of the molecule is CCC(C)Sc1ccc(N)c2cc(Br)cnc12. The fraction of sp³-hybridized carbons (Fsp3) is 0.308. The molecule has 0 amide bonds. The van der Waals surface area contributed by atoms with Crippen molar-refractivity contribution in [1.82, 2.24) is 4.98 Å². The molecule has 1 aromatic heterocycles. The van der Waals surface area contributed by atoms with E-state index in [-0.39, 0.29) is 0 Å². The minimum atomic E-state index is 0.590. The number of hydrogen-bond donors (Lipinski definition) is 1. The van der Waals surface area contributed by atoms with Crippen molar-refractivity contribution in [1.29, 1.82) is 0 Å². The van der Waals surface area contributed by atoms with Gasteiger partial charge in [0.25, 0.3) is 0 Å². The molecular formula is C13H15BrN2S. The van der Waals surface area contributed by atoms with Gasteiger partial charge in [-0.15, -0.1) is 11.8 Å². The van der Waals surface area contributed by atoms with Crippen molar-refractivity contribution in [3.8, 4) is 0 Å². The smallest absolute Gasteiger partial charge is 0.0859 e. The number of aromatic nitrogens is 1. The van der Waals surface area contributed by atoms with Gasteiger partial charge in [-0.05, 0) is 40.5 Å². The first kappa shape index (κ1) is 12.7. The quantitative estimate of drug-likeness (QED) is 0.671. The number of rotatable bonds is 3. The average molecular weight is 311 g/mol. The van der Waals surface area contributed by atoms with Gasteiger partial charge in [-0.3, -0.25) is 4.98 Å². The van der Waals surface area contributed by atoms with Crippen molar-refractivity contribution in [2.75, 3.05) is 5.73 Å². The van der Waals surface area contributed by atoms with E-state index in [2.05, 4.69) is 40.8 Å². The Kier molecular flexibility index (Phi) is 3.94. The summed E-state index contributed by atoms with van der Waals surface area (Å²) in [6.45, 7) is 4.42.